The van der Waals surface area contributed by atoms with E-state index < -0.39 is 12.0 Å². The van der Waals surface area contributed by atoms with Gasteiger partial charge in [-0.15, -0.1) is 10.2 Å². The lowest BCUT2D eigenvalue weighted by Gasteiger charge is -2.10. The molecule has 0 aliphatic rings. The smallest absolute Gasteiger partial charge is 0.325 e. The average Bonchev–Trinajstić information content (AvgIpc) is 2.74. The highest BCUT2D eigenvalue weighted by atomic mass is 32.2. The Morgan fingerprint density at radius 3 is 2.72 bits per heavy atom. The van der Waals surface area contributed by atoms with Crippen molar-refractivity contribution in [2.45, 2.75) is 38.0 Å². The molecule has 0 radical (unpaired) electrons. The van der Waals surface area contributed by atoms with Crippen molar-refractivity contribution in [1.29, 1.82) is 0 Å². The van der Waals surface area contributed by atoms with Crippen LogP contribution in [0.2, 0.25) is 0 Å². The van der Waals surface area contributed by atoms with Crippen molar-refractivity contribution in [2.75, 3.05) is 5.75 Å². The molecule has 18 heavy (non-hydrogen) atoms. The van der Waals surface area contributed by atoms with Crippen molar-refractivity contribution in [1.82, 2.24) is 20.1 Å². The molecule has 7 nitrogen and oxygen atoms in total. The topological polar surface area (TPSA) is 97.1 Å². The predicted molar refractivity (Wildman–Crippen MR) is 66.4 cm³/mol. The third-order valence-electron chi connectivity index (χ3n) is 2.18. The van der Waals surface area contributed by atoms with Crippen molar-refractivity contribution < 1.29 is 14.7 Å². The highest BCUT2D eigenvalue weighted by Crippen LogP contribution is 2.18. The fourth-order valence-corrected chi connectivity index (χ4v) is 2.02. The van der Waals surface area contributed by atoms with E-state index in [-0.39, 0.29) is 17.7 Å². The summed E-state index contributed by atoms with van der Waals surface area (Å²) in [5.41, 5.74) is 0. The van der Waals surface area contributed by atoms with Gasteiger partial charge in [-0.25, -0.2) is 0 Å². The number of carbonyl (C=O) groups is 2. The number of carboxylic acids is 1. The van der Waals surface area contributed by atoms with Crippen molar-refractivity contribution in [3.05, 3.63) is 6.33 Å². The molecule has 0 saturated carbocycles. The van der Waals surface area contributed by atoms with Gasteiger partial charge in [-0.1, -0.05) is 11.8 Å². The lowest BCUT2D eigenvalue weighted by atomic mass is 10.3. The van der Waals surface area contributed by atoms with E-state index in [4.69, 9.17) is 5.11 Å². The third kappa shape index (κ3) is 4.02. The molecule has 0 aromatic carbocycles. The summed E-state index contributed by atoms with van der Waals surface area (Å²) in [7, 11) is 0. The molecule has 0 spiro atoms. The first-order valence-corrected chi connectivity index (χ1v) is 6.45. The molecular weight excluding hydrogens is 256 g/mol. The van der Waals surface area contributed by atoms with E-state index in [2.05, 4.69) is 15.5 Å². The van der Waals surface area contributed by atoms with Crippen LogP contribution >= 0.6 is 11.8 Å². The molecule has 0 bridgehead atoms. The van der Waals surface area contributed by atoms with E-state index in [0.717, 1.165) is 0 Å². The van der Waals surface area contributed by atoms with Gasteiger partial charge in [0.1, 0.15) is 12.4 Å². The molecule has 0 saturated heterocycles. The Balaban J connectivity index is 2.47. The fourth-order valence-electron chi connectivity index (χ4n) is 1.16. The molecular formula is C10H16N4O3S. The number of amides is 1. The number of aromatic nitrogens is 3. The molecule has 1 atom stereocenters. The van der Waals surface area contributed by atoms with Crippen LogP contribution < -0.4 is 5.32 Å². The molecule has 1 aromatic heterocycles. The first kappa shape index (κ1) is 14.5. The quantitative estimate of drug-likeness (QED) is 0.734. The van der Waals surface area contributed by atoms with Gasteiger partial charge in [0, 0.05) is 6.04 Å². The molecule has 100 valence electrons. The highest BCUT2D eigenvalue weighted by molar-refractivity contribution is 7.99. The first-order chi connectivity index (χ1) is 8.41. The van der Waals surface area contributed by atoms with E-state index in [1.54, 1.807) is 6.33 Å². The van der Waals surface area contributed by atoms with Gasteiger partial charge in [0.05, 0.1) is 5.75 Å². The minimum absolute atomic E-state index is 0.114. The van der Waals surface area contributed by atoms with Gasteiger partial charge in [0.25, 0.3) is 0 Å². The summed E-state index contributed by atoms with van der Waals surface area (Å²) in [6.45, 7) is 5.39. The van der Waals surface area contributed by atoms with Crippen molar-refractivity contribution in [3.63, 3.8) is 0 Å². The Morgan fingerprint density at radius 1 is 1.50 bits per heavy atom. The molecule has 1 heterocycles. The molecule has 0 unspecified atom stereocenters. The second-order valence-electron chi connectivity index (χ2n) is 4.03. The maximum absolute atomic E-state index is 11.5. The number of hydrogen-bond acceptors (Lipinski definition) is 5. The van der Waals surface area contributed by atoms with Gasteiger partial charge in [-0.2, -0.15) is 0 Å². The minimum atomic E-state index is -1.06. The number of aliphatic carboxylic acids is 1. The van der Waals surface area contributed by atoms with E-state index in [1.807, 2.05) is 18.4 Å². The van der Waals surface area contributed by atoms with Gasteiger partial charge in [0.15, 0.2) is 5.16 Å². The van der Waals surface area contributed by atoms with Gasteiger partial charge >= 0.3 is 5.97 Å². The summed E-state index contributed by atoms with van der Waals surface area (Å²) in [5.74, 6) is -1.28. The summed E-state index contributed by atoms with van der Waals surface area (Å²) < 4.78 is 1.85. The monoisotopic (exact) mass is 272 g/mol. The summed E-state index contributed by atoms with van der Waals surface area (Å²) in [4.78, 5) is 22.0. The number of nitrogens with one attached hydrogen (secondary N) is 1. The molecule has 1 amide bonds. The zero-order valence-electron chi connectivity index (χ0n) is 10.5. The van der Waals surface area contributed by atoms with E-state index in [1.165, 1.54) is 18.7 Å². The van der Waals surface area contributed by atoms with Crippen LogP contribution in [0.1, 0.15) is 26.8 Å². The highest BCUT2D eigenvalue weighted by Gasteiger charge is 2.15. The van der Waals surface area contributed by atoms with Crippen molar-refractivity contribution in [3.8, 4) is 0 Å². The average molecular weight is 272 g/mol. The zero-order chi connectivity index (χ0) is 13.7. The normalized spacial score (nSPS) is 12.4. The molecule has 0 fully saturated rings. The Labute approximate surface area is 109 Å². The Kier molecular flexibility index (Phi) is 5.14. The SMILES string of the molecule is CC(C)n1cnnc1SCC(=O)N[C@@H](C)C(=O)O. The van der Waals surface area contributed by atoms with E-state index >= 15 is 0 Å². The third-order valence-corrected chi connectivity index (χ3v) is 3.13. The Hall–Kier alpha value is -1.57. The molecule has 8 heteroatoms. The van der Waals surface area contributed by atoms with Crippen LogP contribution in [0.25, 0.3) is 0 Å². The molecule has 2 N–H and O–H groups in total. The van der Waals surface area contributed by atoms with Crippen molar-refractivity contribution >= 4 is 23.6 Å². The van der Waals surface area contributed by atoms with Gasteiger partial charge in [0.2, 0.25) is 5.91 Å². The van der Waals surface area contributed by atoms with Crippen LogP contribution in [0.5, 0.6) is 0 Å². The maximum Gasteiger partial charge on any atom is 0.325 e. The van der Waals surface area contributed by atoms with Crippen LogP contribution in [0, 0.1) is 0 Å². The summed E-state index contributed by atoms with van der Waals surface area (Å²) >= 11 is 1.23. The first-order valence-electron chi connectivity index (χ1n) is 5.46. The Bertz CT molecular complexity index is 433. The fraction of sp³-hybridized carbons (Fsp3) is 0.600. The number of thioether (sulfide) groups is 1. The van der Waals surface area contributed by atoms with Gasteiger partial charge < -0.3 is 15.0 Å². The van der Waals surface area contributed by atoms with Gasteiger partial charge in [-0.3, -0.25) is 9.59 Å². The number of hydrogen-bond donors (Lipinski definition) is 2. The molecule has 1 aromatic rings. The zero-order valence-corrected chi connectivity index (χ0v) is 11.3. The number of carbonyl (C=O) groups excluding carboxylic acids is 1. The lowest BCUT2D eigenvalue weighted by molar-refractivity contribution is -0.140. The largest absolute Gasteiger partial charge is 0.480 e. The second kappa shape index (κ2) is 6.39. The van der Waals surface area contributed by atoms with Crippen LogP contribution in [0.15, 0.2) is 11.5 Å². The minimum Gasteiger partial charge on any atom is -0.480 e. The van der Waals surface area contributed by atoms with Gasteiger partial charge in [-0.05, 0) is 20.8 Å². The summed E-state index contributed by atoms with van der Waals surface area (Å²) in [5, 5.41) is 19.3. The molecule has 1 rings (SSSR count). The van der Waals surface area contributed by atoms with Crippen LogP contribution in [0.4, 0.5) is 0 Å². The predicted octanol–water partition coefficient (Wildman–Crippen LogP) is 0.540. The van der Waals surface area contributed by atoms with E-state index in [0.29, 0.717) is 5.16 Å². The Morgan fingerprint density at radius 2 is 2.17 bits per heavy atom. The summed E-state index contributed by atoms with van der Waals surface area (Å²) in [6.07, 6.45) is 1.60. The second-order valence-corrected chi connectivity index (χ2v) is 4.97. The molecule has 0 aliphatic heterocycles. The maximum atomic E-state index is 11.5. The van der Waals surface area contributed by atoms with Crippen molar-refractivity contribution in [2.24, 2.45) is 0 Å². The summed E-state index contributed by atoms with van der Waals surface area (Å²) in [6, 6.07) is -0.676. The standard InChI is InChI=1S/C10H16N4O3S/c1-6(2)14-5-11-13-10(14)18-4-8(15)12-7(3)9(16)17/h5-7H,4H2,1-3H3,(H,12,15)(H,16,17)/t7-/m0/s1. The molecule has 0 aliphatic carbocycles. The number of rotatable bonds is 6. The van der Waals surface area contributed by atoms with Crippen LogP contribution in [-0.4, -0.2) is 43.5 Å². The lowest BCUT2D eigenvalue weighted by Crippen LogP contribution is -2.39. The van der Waals surface area contributed by atoms with E-state index in [9.17, 15) is 9.59 Å². The van der Waals surface area contributed by atoms with Crippen LogP contribution in [0.3, 0.4) is 0 Å². The number of carboxylic acid groups (broad SMARTS) is 1. The van der Waals surface area contributed by atoms with Crippen LogP contribution in [-0.2, 0) is 9.59 Å². The number of nitrogens with zero attached hydrogens (tertiary/aromatic N) is 3.